The number of para-hydroxylation sites is 1. The molecule has 3 N–H and O–H groups in total. The Labute approximate surface area is 160 Å². The van der Waals surface area contributed by atoms with Gasteiger partial charge in [0.1, 0.15) is 5.84 Å². The summed E-state index contributed by atoms with van der Waals surface area (Å²) in [5.74, 6) is 1.05. The number of aliphatic imine (C=N–C) groups is 1. The van der Waals surface area contributed by atoms with Crippen molar-refractivity contribution in [3.63, 3.8) is 0 Å². The highest BCUT2D eigenvalue weighted by atomic mass is 16.1. The van der Waals surface area contributed by atoms with Crippen molar-refractivity contribution in [1.82, 2.24) is 5.32 Å². The number of amidine groups is 1. The standard InChI is InChI=1S/C22H26N4O/c1-16(27)25-19-7-4-5-17(13-19)15-24-21-22(9-11-23-12-10-22)14-18-6-2-3-8-20(18)26-21/h2-8,13,23H,9-12,14-15H2,1H3,(H,24,26)(H,25,27). The molecule has 0 aromatic heterocycles. The lowest BCUT2D eigenvalue weighted by atomic mass is 9.71. The quantitative estimate of drug-likeness (QED) is 0.782. The van der Waals surface area contributed by atoms with E-state index in [9.17, 15) is 4.79 Å². The maximum absolute atomic E-state index is 11.3. The van der Waals surface area contributed by atoms with Crippen LogP contribution >= 0.6 is 0 Å². The van der Waals surface area contributed by atoms with Crippen LogP contribution in [0, 0.1) is 5.41 Å². The second kappa shape index (κ2) is 7.53. The average Bonchev–Trinajstić information content (AvgIpc) is 2.67. The average molecular weight is 362 g/mol. The van der Waals surface area contributed by atoms with Crippen LogP contribution in [-0.4, -0.2) is 24.8 Å². The van der Waals surface area contributed by atoms with E-state index in [-0.39, 0.29) is 11.3 Å². The molecule has 0 unspecified atom stereocenters. The van der Waals surface area contributed by atoms with Crippen LogP contribution in [0.5, 0.6) is 0 Å². The third kappa shape index (κ3) is 3.88. The maximum atomic E-state index is 11.3. The number of rotatable bonds is 3. The Morgan fingerprint density at radius 1 is 1.15 bits per heavy atom. The van der Waals surface area contributed by atoms with Gasteiger partial charge in [0.15, 0.2) is 0 Å². The van der Waals surface area contributed by atoms with Gasteiger partial charge in [-0.2, -0.15) is 0 Å². The van der Waals surface area contributed by atoms with Crippen LogP contribution in [0.2, 0.25) is 0 Å². The summed E-state index contributed by atoms with van der Waals surface area (Å²) in [6.07, 6.45) is 3.24. The zero-order chi connectivity index (χ0) is 18.7. The topological polar surface area (TPSA) is 65.5 Å². The predicted octanol–water partition coefficient (Wildman–Crippen LogP) is 3.58. The van der Waals surface area contributed by atoms with Crippen LogP contribution in [0.25, 0.3) is 0 Å². The summed E-state index contributed by atoms with van der Waals surface area (Å²) in [5, 5.41) is 9.95. The van der Waals surface area contributed by atoms with E-state index in [1.54, 1.807) is 0 Å². The van der Waals surface area contributed by atoms with Gasteiger partial charge < -0.3 is 16.0 Å². The molecule has 27 heavy (non-hydrogen) atoms. The summed E-state index contributed by atoms with van der Waals surface area (Å²) in [6.45, 7) is 4.19. The second-order valence-corrected chi connectivity index (χ2v) is 7.54. The summed E-state index contributed by atoms with van der Waals surface area (Å²) in [5.41, 5.74) is 4.56. The van der Waals surface area contributed by atoms with E-state index in [0.717, 1.165) is 49.4 Å². The molecular weight excluding hydrogens is 336 g/mol. The molecule has 2 aliphatic heterocycles. The van der Waals surface area contributed by atoms with Crippen molar-refractivity contribution in [2.45, 2.75) is 32.7 Å². The number of piperidine rings is 1. The summed E-state index contributed by atoms with van der Waals surface area (Å²) in [6, 6.07) is 16.5. The highest BCUT2D eigenvalue weighted by Gasteiger charge is 2.40. The number of amides is 1. The molecule has 5 nitrogen and oxygen atoms in total. The van der Waals surface area contributed by atoms with Crippen molar-refractivity contribution in [2.24, 2.45) is 10.4 Å². The van der Waals surface area contributed by atoms with Gasteiger partial charge in [-0.1, -0.05) is 30.3 Å². The van der Waals surface area contributed by atoms with Gasteiger partial charge in [0.2, 0.25) is 5.91 Å². The second-order valence-electron chi connectivity index (χ2n) is 7.54. The first-order valence-electron chi connectivity index (χ1n) is 9.62. The number of nitrogens with zero attached hydrogens (tertiary/aromatic N) is 1. The molecule has 2 aromatic rings. The van der Waals surface area contributed by atoms with Crippen molar-refractivity contribution < 1.29 is 4.79 Å². The van der Waals surface area contributed by atoms with Gasteiger partial charge in [0.05, 0.1) is 6.54 Å². The fourth-order valence-corrected chi connectivity index (χ4v) is 4.15. The van der Waals surface area contributed by atoms with Gasteiger partial charge >= 0.3 is 0 Å². The Balaban J connectivity index is 1.61. The molecule has 1 fully saturated rings. The molecule has 140 valence electrons. The van der Waals surface area contributed by atoms with E-state index in [4.69, 9.17) is 4.99 Å². The van der Waals surface area contributed by atoms with E-state index < -0.39 is 0 Å². The number of benzene rings is 2. The summed E-state index contributed by atoms with van der Waals surface area (Å²) in [7, 11) is 0. The first kappa shape index (κ1) is 17.7. The molecule has 2 aliphatic rings. The molecule has 1 spiro atoms. The minimum Gasteiger partial charge on any atom is -0.343 e. The molecule has 5 heteroatoms. The van der Waals surface area contributed by atoms with E-state index in [1.165, 1.54) is 18.2 Å². The SMILES string of the molecule is CC(=O)Nc1cccc(CN=C2Nc3ccccc3CC23CCNCC3)c1. The van der Waals surface area contributed by atoms with E-state index in [0.29, 0.717) is 6.54 Å². The van der Waals surface area contributed by atoms with Crippen molar-refractivity contribution in [3.8, 4) is 0 Å². The number of carbonyl (C=O) groups is 1. The molecule has 1 amide bonds. The highest BCUT2D eigenvalue weighted by Crippen LogP contribution is 2.40. The number of carbonyl (C=O) groups excluding carboxylic acids is 1. The zero-order valence-corrected chi connectivity index (χ0v) is 15.7. The van der Waals surface area contributed by atoms with E-state index >= 15 is 0 Å². The van der Waals surface area contributed by atoms with Crippen LogP contribution in [0.4, 0.5) is 11.4 Å². The minimum absolute atomic E-state index is 0.0577. The highest BCUT2D eigenvalue weighted by molar-refractivity contribution is 6.02. The lowest BCUT2D eigenvalue weighted by Crippen LogP contribution is -2.48. The minimum atomic E-state index is -0.0577. The normalized spacial score (nSPS) is 19.4. The Bertz CT molecular complexity index is 868. The first-order chi connectivity index (χ1) is 13.1. The molecule has 4 rings (SSSR count). The molecule has 0 aliphatic carbocycles. The van der Waals surface area contributed by atoms with Gasteiger partial charge in [-0.15, -0.1) is 0 Å². The summed E-state index contributed by atoms with van der Waals surface area (Å²) < 4.78 is 0. The van der Waals surface area contributed by atoms with Crippen LogP contribution in [0.1, 0.15) is 30.9 Å². The number of hydrogen-bond donors (Lipinski definition) is 3. The number of hydrogen-bond acceptors (Lipinski definition) is 3. The molecule has 2 aromatic carbocycles. The van der Waals surface area contributed by atoms with Crippen molar-refractivity contribution in [3.05, 3.63) is 59.7 Å². The Morgan fingerprint density at radius 3 is 2.78 bits per heavy atom. The molecule has 0 bridgehead atoms. The summed E-state index contributed by atoms with van der Waals surface area (Å²) >= 11 is 0. The maximum Gasteiger partial charge on any atom is 0.221 e. The van der Waals surface area contributed by atoms with Crippen molar-refractivity contribution in [1.29, 1.82) is 0 Å². The Kier molecular flexibility index (Phi) is 4.94. The third-order valence-corrected chi connectivity index (χ3v) is 5.53. The number of nitrogens with one attached hydrogen (secondary N) is 3. The van der Waals surface area contributed by atoms with Crippen LogP contribution < -0.4 is 16.0 Å². The monoisotopic (exact) mass is 362 g/mol. The molecule has 2 heterocycles. The molecule has 0 atom stereocenters. The first-order valence-corrected chi connectivity index (χ1v) is 9.62. The van der Waals surface area contributed by atoms with Crippen LogP contribution in [0.3, 0.4) is 0 Å². The van der Waals surface area contributed by atoms with Gasteiger partial charge in [0.25, 0.3) is 0 Å². The zero-order valence-electron chi connectivity index (χ0n) is 15.7. The molecular formula is C22H26N4O. The lowest BCUT2D eigenvalue weighted by Gasteiger charge is -2.42. The Hall–Kier alpha value is -2.66. The van der Waals surface area contributed by atoms with Crippen molar-refractivity contribution in [2.75, 3.05) is 23.7 Å². The summed E-state index contributed by atoms with van der Waals surface area (Å²) in [4.78, 5) is 16.3. The molecule has 0 saturated carbocycles. The van der Waals surface area contributed by atoms with Crippen molar-refractivity contribution >= 4 is 23.1 Å². The molecule has 0 radical (unpaired) electrons. The predicted molar refractivity (Wildman–Crippen MR) is 110 cm³/mol. The number of anilines is 2. The van der Waals surface area contributed by atoms with Gasteiger partial charge in [-0.25, -0.2) is 0 Å². The largest absolute Gasteiger partial charge is 0.343 e. The van der Waals surface area contributed by atoms with Crippen LogP contribution in [0.15, 0.2) is 53.5 Å². The fraction of sp³-hybridized carbons (Fsp3) is 0.364. The molecule has 1 saturated heterocycles. The number of fused-ring (bicyclic) bond motifs is 1. The van der Waals surface area contributed by atoms with E-state index in [1.807, 2.05) is 18.2 Å². The smallest absolute Gasteiger partial charge is 0.221 e. The van der Waals surface area contributed by atoms with Gasteiger partial charge in [0, 0.05) is 23.7 Å². The van der Waals surface area contributed by atoms with Gasteiger partial charge in [-0.05, 0) is 61.7 Å². The fourth-order valence-electron chi connectivity index (χ4n) is 4.15. The lowest BCUT2D eigenvalue weighted by molar-refractivity contribution is -0.114. The third-order valence-electron chi connectivity index (χ3n) is 5.53. The van der Waals surface area contributed by atoms with E-state index in [2.05, 4.69) is 46.3 Å². The van der Waals surface area contributed by atoms with Gasteiger partial charge in [-0.3, -0.25) is 9.79 Å². The van der Waals surface area contributed by atoms with Crippen LogP contribution in [-0.2, 0) is 17.8 Å². The Morgan fingerprint density at radius 2 is 1.96 bits per heavy atom.